The average molecular weight is 396 g/mol. The van der Waals surface area contributed by atoms with Crippen LogP contribution in [0.5, 0.6) is 0 Å². The number of carbonyl (C=O) groups excluding carboxylic acids is 1. The Morgan fingerprint density at radius 3 is 2.93 bits per heavy atom. The first-order valence-electron chi connectivity index (χ1n) is 8.20. The second-order valence-electron chi connectivity index (χ2n) is 6.06. The normalized spacial score (nSPS) is 11.4. The number of nitrogens with zero attached hydrogens (tertiary/aromatic N) is 4. The summed E-state index contributed by atoms with van der Waals surface area (Å²) >= 11 is 6.44. The molecule has 5 rings (SSSR count). The molecule has 1 aromatic carbocycles. The first-order valence-corrected chi connectivity index (χ1v) is 8.57. The Bertz CT molecular complexity index is 1340. The number of rotatable bonds is 4. The second-order valence-corrected chi connectivity index (χ2v) is 6.44. The van der Waals surface area contributed by atoms with Crippen molar-refractivity contribution in [2.45, 2.75) is 0 Å². The van der Waals surface area contributed by atoms with Gasteiger partial charge in [-0.15, -0.1) is 0 Å². The zero-order valence-corrected chi connectivity index (χ0v) is 14.8. The van der Waals surface area contributed by atoms with Crippen molar-refractivity contribution in [3.63, 3.8) is 0 Å². The Morgan fingerprint density at radius 1 is 1.25 bits per heavy atom. The molecule has 0 atom stereocenters. The molecule has 5 aromatic rings. The van der Waals surface area contributed by atoms with Crippen LogP contribution in [0.15, 0.2) is 43.2 Å². The Morgan fingerprint density at radius 2 is 2.14 bits per heavy atom. The van der Waals surface area contributed by atoms with E-state index in [2.05, 4.69) is 30.5 Å². The number of anilines is 1. The first kappa shape index (κ1) is 16.5. The Hall–Kier alpha value is -3.72. The maximum absolute atomic E-state index is 15.2. The lowest BCUT2D eigenvalue weighted by Gasteiger charge is -2.11. The van der Waals surface area contributed by atoms with E-state index in [1.54, 1.807) is 41.5 Å². The number of aromatic amines is 2. The van der Waals surface area contributed by atoms with E-state index in [1.165, 1.54) is 6.20 Å². The Balaban J connectivity index is 1.77. The highest BCUT2D eigenvalue weighted by Gasteiger charge is 2.23. The van der Waals surface area contributed by atoms with Crippen LogP contribution in [0.1, 0.15) is 0 Å². The maximum atomic E-state index is 15.2. The lowest BCUT2D eigenvalue weighted by Crippen LogP contribution is -1.95. The summed E-state index contributed by atoms with van der Waals surface area (Å²) < 4.78 is 16.9. The number of H-pyrrole nitrogens is 2. The van der Waals surface area contributed by atoms with Gasteiger partial charge in [0.1, 0.15) is 0 Å². The van der Waals surface area contributed by atoms with Gasteiger partial charge >= 0.3 is 0 Å². The molecule has 28 heavy (non-hydrogen) atoms. The number of aromatic nitrogens is 6. The summed E-state index contributed by atoms with van der Waals surface area (Å²) in [7, 11) is 0. The summed E-state index contributed by atoms with van der Waals surface area (Å²) in [5.74, 6) is -0.189. The van der Waals surface area contributed by atoms with Crippen molar-refractivity contribution in [1.29, 1.82) is 0 Å². The molecular formula is C18H11ClFN7O. The summed E-state index contributed by atoms with van der Waals surface area (Å²) in [6.45, 7) is 0. The molecule has 1 amide bonds. The van der Waals surface area contributed by atoms with Gasteiger partial charge in [0.15, 0.2) is 17.3 Å². The Kier molecular flexibility index (Phi) is 3.63. The first-order chi connectivity index (χ1) is 13.7. The molecule has 0 unspecified atom stereocenters. The summed E-state index contributed by atoms with van der Waals surface area (Å²) in [6, 6.07) is 1.76. The molecule has 0 radical (unpaired) electrons. The Labute approximate surface area is 161 Å². The van der Waals surface area contributed by atoms with Gasteiger partial charge in [0.25, 0.3) is 0 Å². The van der Waals surface area contributed by atoms with E-state index in [9.17, 15) is 4.79 Å². The van der Waals surface area contributed by atoms with Crippen molar-refractivity contribution in [3.8, 4) is 22.4 Å². The van der Waals surface area contributed by atoms with E-state index in [4.69, 9.17) is 11.6 Å². The molecule has 0 saturated heterocycles. The molecule has 0 bridgehead atoms. The summed E-state index contributed by atoms with van der Waals surface area (Å²) in [6.07, 6.45) is 10.3. The molecule has 0 saturated carbocycles. The third kappa shape index (κ3) is 2.37. The number of fused-ring (bicyclic) bond motifs is 2. The minimum Gasteiger partial charge on any atom is -0.367 e. The molecule has 0 aliphatic carbocycles. The number of hydrogen-bond donors (Lipinski definition) is 3. The van der Waals surface area contributed by atoms with Crippen molar-refractivity contribution in [2.75, 3.05) is 5.32 Å². The third-order valence-electron chi connectivity index (χ3n) is 4.48. The van der Waals surface area contributed by atoms with Crippen LogP contribution in [0.4, 0.5) is 10.2 Å². The highest BCUT2D eigenvalue weighted by Crippen LogP contribution is 2.42. The fourth-order valence-electron chi connectivity index (χ4n) is 3.27. The van der Waals surface area contributed by atoms with Crippen LogP contribution in [-0.4, -0.2) is 36.0 Å². The van der Waals surface area contributed by atoms with Crippen LogP contribution in [0.3, 0.4) is 0 Å². The largest absolute Gasteiger partial charge is 0.367 e. The zero-order chi connectivity index (χ0) is 19.3. The summed E-state index contributed by atoms with van der Waals surface area (Å²) in [4.78, 5) is 22.1. The quantitative estimate of drug-likeness (QED) is 0.404. The van der Waals surface area contributed by atoms with Crippen molar-refractivity contribution >= 4 is 40.4 Å². The van der Waals surface area contributed by atoms with E-state index in [1.807, 2.05) is 0 Å². The minimum atomic E-state index is -0.566. The van der Waals surface area contributed by atoms with E-state index in [0.717, 1.165) is 0 Å². The van der Waals surface area contributed by atoms with Gasteiger partial charge in [-0.25, -0.2) is 9.37 Å². The molecule has 4 aromatic heterocycles. The van der Waals surface area contributed by atoms with Crippen LogP contribution in [0.25, 0.3) is 38.9 Å². The van der Waals surface area contributed by atoms with Crippen molar-refractivity contribution in [2.24, 2.45) is 0 Å². The van der Waals surface area contributed by atoms with E-state index in [-0.39, 0.29) is 5.02 Å². The topological polar surface area (TPSA) is 104 Å². The zero-order valence-electron chi connectivity index (χ0n) is 14.1. The molecule has 4 heterocycles. The van der Waals surface area contributed by atoms with Crippen LogP contribution in [-0.2, 0) is 4.79 Å². The minimum absolute atomic E-state index is 0.0525. The number of amides is 1. The van der Waals surface area contributed by atoms with Crippen molar-refractivity contribution in [3.05, 3.63) is 54.1 Å². The fraction of sp³-hybridized carbons (Fsp3) is 0. The summed E-state index contributed by atoms with van der Waals surface area (Å²) in [5, 5.41) is 10.00. The molecule has 3 N–H and O–H groups in total. The predicted molar refractivity (Wildman–Crippen MR) is 103 cm³/mol. The number of carbonyl (C=O) groups is 1. The van der Waals surface area contributed by atoms with Gasteiger partial charge in [0.05, 0.1) is 34.8 Å². The molecule has 0 fully saturated rings. The molecule has 0 aliphatic rings. The van der Waals surface area contributed by atoms with Gasteiger partial charge in [-0.05, 0) is 6.07 Å². The van der Waals surface area contributed by atoms with Crippen LogP contribution in [0.2, 0.25) is 5.02 Å². The third-order valence-corrected chi connectivity index (χ3v) is 4.84. The lowest BCUT2D eigenvalue weighted by atomic mass is 9.99. The standard InChI is InChI=1S/C18H11ClFN7O/c19-16-15(11-6-27-7-12(23-8-28)25-13(27)5-22-11)10-4-24-26-18(10)14(17(16)20)9-1-2-21-3-9/h1-8,21H,(H,23,28)(H,24,26). The molecule has 0 spiro atoms. The second kappa shape index (κ2) is 6.17. The molecule has 8 nitrogen and oxygen atoms in total. The van der Waals surface area contributed by atoms with Gasteiger partial charge in [-0.1, -0.05) is 11.6 Å². The average Bonchev–Trinajstić information content (AvgIpc) is 3.43. The van der Waals surface area contributed by atoms with Gasteiger partial charge < -0.3 is 14.7 Å². The molecule has 10 heteroatoms. The van der Waals surface area contributed by atoms with E-state index >= 15 is 4.39 Å². The number of hydrogen-bond acceptors (Lipinski definition) is 4. The van der Waals surface area contributed by atoms with Gasteiger partial charge in [-0.2, -0.15) is 5.10 Å². The molecular weight excluding hydrogens is 385 g/mol. The van der Waals surface area contributed by atoms with E-state index in [0.29, 0.717) is 51.2 Å². The number of halogens is 2. The maximum Gasteiger partial charge on any atom is 0.212 e. The SMILES string of the molecule is O=CNc1cn2cc(-c3c(Cl)c(F)c(-c4cc[nH]c4)c4[nH]ncc34)ncc2n1. The molecule has 138 valence electrons. The van der Waals surface area contributed by atoms with Crippen molar-refractivity contribution in [1.82, 2.24) is 29.5 Å². The van der Waals surface area contributed by atoms with Gasteiger partial charge in [-0.3, -0.25) is 14.9 Å². The smallest absolute Gasteiger partial charge is 0.212 e. The lowest BCUT2D eigenvalue weighted by molar-refractivity contribution is -0.105. The molecule has 0 aliphatic heterocycles. The van der Waals surface area contributed by atoms with Gasteiger partial charge in [0.2, 0.25) is 6.41 Å². The number of imidazole rings is 1. The van der Waals surface area contributed by atoms with E-state index < -0.39 is 5.82 Å². The summed E-state index contributed by atoms with van der Waals surface area (Å²) in [5.41, 5.74) is 2.90. The highest BCUT2D eigenvalue weighted by molar-refractivity contribution is 6.36. The fourth-order valence-corrected chi connectivity index (χ4v) is 3.57. The van der Waals surface area contributed by atoms with Crippen LogP contribution in [0, 0.1) is 5.82 Å². The highest BCUT2D eigenvalue weighted by atomic mass is 35.5. The van der Waals surface area contributed by atoms with Crippen molar-refractivity contribution < 1.29 is 9.18 Å². The predicted octanol–water partition coefficient (Wildman–Crippen LogP) is 3.63. The van der Waals surface area contributed by atoms with Crippen LogP contribution >= 0.6 is 11.6 Å². The number of nitrogens with one attached hydrogen (secondary N) is 3. The monoisotopic (exact) mass is 395 g/mol. The number of benzene rings is 1. The van der Waals surface area contributed by atoms with Gasteiger partial charge in [0, 0.05) is 40.7 Å². The van der Waals surface area contributed by atoms with Crippen LogP contribution < -0.4 is 5.32 Å².